The number of nitrogens with zero attached hydrogens (tertiary/aromatic N) is 3. The first-order valence-corrected chi connectivity index (χ1v) is 10.7. The minimum atomic E-state index is -0.117. The van der Waals surface area contributed by atoms with Crippen LogP contribution >= 0.6 is 22.9 Å². The van der Waals surface area contributed by atoms with Gasteiger partial charge in [-0.2, -0.15) is 0 Å². The zero-order valence-corrected chi connectivity index (χ0v) is 17.4. The third kappa shape index (κ3) is 4.29. The van der Waals surface area contributed by atoms with Crippen molar-refractivity contribution in [1.82, 2.24) is 15.2 Å². The fraction of sp³-hybridized carbons (Fsp3) is 0.333. The van der Waals surface area contributed by atoms with Crippen LogP contribution in [0.5, 0.6) is 0 Å². The molecule has 1 saturated heterocycles. The van der Waals surface area contributed by atoms with Crippen LogP contribution in [0.4, 0.5) is 5.13 Å². The Balaban J connectivity index is 1.26. The molecule has 1 aromatic heterocycles. The SMILES string of the molecule is Cc1ccc2nc(N3CCN(CCNC(=O)c4ccccc4Cl)CC3)sc2c1. The molecule has 4 rings (SSSR count). The number of piperazine rings is 1. The van der Waals surface area contributed by atoms with Crippen LogP contribution in [0.1, 0.15) is 15.9 Å². The van der Waals surface area contributed by atoms with Gasteiger partial charge in [-0.05, 0) is 36.8 Å². The standard InChI is InChI=1S/C21H23ClN4OS/c1-15-6-7-18-19(14-15)28-21(24-18)26-12-10-25(11-13-26)9-8-23-20(27)16-4-2-3-5-17(16)22/h2-7,14H,8-13H2,1H3,(H,23,27). The van der Waals surface area contributed by atoms with E-state index in [-0.39, 0.29) is 5.91 Å². The number of hydrogen-bond acceptors (Lipinski definition) is 5. The highest BCUT2D eigenvalue weighted by atomic mass is 35.5. The highest BCUT2D eigenvalue weighted by Crippen LogP contribution is 2.30. The minimum absolute atomic E-state index is 0.117. The topological polar surface area (TPSA) is 48.5 Å². The van der Waals surface area contributed by atoms with Gasteiger partial charge in [-0.15, -0.1) is 0 Å². The number of fused-ring (bicyclic) bond motifs is 1. The number of aryl methyl sites for hydroxylation is 1. The summed E-state index contributed by atoms with van der Waals surface area (Å²) in [7, 11) is 0. The third-order valence-electron chi connectivity index (χ3n) is 5.01. The number of amides is 1. The van der Waals surface area contributed by atoms with E-state index in [0.717, 1.165) is 43.4 Å². The Morgan fingerprint density at radius 1 is 1.18 bits per heavy atom. The molecule has 0 spiro atoms. The number of nitrogens with one attached hydrogen (secondary N) is 1. The molecule has 0 radical (unpaired) electrons. The molecule has 0 atom stereocenters. The normalized spacial score (nSPS) is 15.1. The highest BCUT2D eigenvalue weighted by Gasteiger charge is 2.20. The summed E-state index contributed by atoms with van der Waals surface area (Å²) >= 11 is 7.84. The van der Waals surface area contributed by atoms with Crippen LogP contribution in [-0.4, -0.2) is 55.1 Å². The zero-order chi connectivity index (χ0) is 19.5. The maximum atomic E-state index is 12.2. The lowest BCUT2D eigenvalue weighted by Crippen LogP contribution is -2.48. The Bertz CT molecular complexity index is 981. The van der Waals surface area contributed by atoms with E-state index in [2.05, 4.69) is 40.2 Å². The van der Waals surface area contributed by atoms with E-state index in [0.29, 0.717) is 17.1 Å². The molecule has 0 bridgehead atoms. The van der Waals surface area contributed by atoms with Crippen molar-refractivity contribution in [2.24, 2.45) is 0 Å². The second-order valence-electron chi connectivity index (χ2n) is 7.03. The molecule has 146 valence electrons. The molecule has 2 aromatic carbocycles. The van der Waals surface area contributed by atoms with Gasteiger partial charge in [-0.3, -0.25) is 9.69 Å². The first-order chi connectivity index (χ1) is 13.6. The maximum Gasteiger partial charge on any atom is 0.252 e. The smallest absolute Gasteiger partial charge is 0.252 e. The van der Waals surface area contributed by atoms with E-state index in [4.69, 9.17) is 16.6 Å². The van der Waals surface area contributed by atoms with Gasteiger partial charge in [0.1, 0.15) is 0 Å². The van der Waals surface area contributed by atoms with Crippen LogP contribution in [-0.2, 0) is 0 Å². The molecule has 1 N–H and O–H groups in total. The molecular formula is C21H23ClN4OS. The zero-order valence-electron chi connectivity index (χ0n) is 15.8. The lowest BCUT2D eigenvalue weighted by Gasteiger charge is -2.34. The maximum absolute atomic E-state index is 12.2. The average Bonchev–Trinajstić information content (AvgIpc) is 3.12. The molecule has 5 nitrogen and oxygen atoms in total. The van der Waals surface area contributed by atoms with E-state index in [1.807, 2.05) is 12.1 Å². The average molecular weight is 415 g/mol. The quantitative estimate of drug-likeness (QED) is 0.689. The summed E-state index contributed by atoms with van der Waals surface area (Å²) < 4.78 is 1.25. The third-order valence-corrected chi connectivity index (χ3v) is 6.42. The van der Waals surface area contributed by atoms with Gasteiger partial charge in [0.2, 0.25) is 0 Å². The number of rotatable bonds is 5. The van der Waals surface area contributed by atoms with Gasteiger partial charge in [-0.25, -0.2) is 4.98 Å². The van der Waals surface area contributed by atoms with E-state index in [9.17, 15) is 4.79 Å². The molecule has 1 aliphatic heterocycles. The number of carbonyl (C=O) groups is 1. The molecule has 28 heavy (non-hydrogen) atoms. The molecular weight excluding hydrogens is 392 g/mol. The number of thiazole rings is 1. The van der Waals surface area contributed by atoms with Crippen molar-refractivity contribution in [1.29, 1.82) is 0 Å². The van der Waals surface area contributed by atoms with E-state index in [1.54, 1.807) is 23.5 Å². The summed E-state index contributed by atoms with van der Waals surface area (Å²) in [5, 5.41) is 4.55. The Morgan fingerprint density at radius 3 is 2.75 bits per heavy atom. The highest BCUT2D eigenvalue weighted by molar-refractivity contribution is 7.22. The summed E-state index contributed by atoms with van der Waals surface area (Å²) in [5.74, 6) is -0.117. The summed E-state index contributed by atoms with van der Waals surface area (Å²) in [5.41, 5.74) is 2.88. The summed E-state index contributed by atoms with van der Waals surface area (Å²) in [6, 6.07) is 13.5. The van der Waals surface area contributed by atoms with Crippen LogP contribution in [0.25, 0.3) is 10.2 Å². The van der Waals surface area contributed by atoms with E-state index >= 15 is 0 Å². The second-order valence-corrected chi connectivity index (χ2v) is 8.45. The van der Waals surface area contributed by atoms with Crippen LogP contribution < -0.4 is 10.2 Å². The second kappa shape index (κ2) is 8.47. The molecule has 1 fully saturated rings. The summed E-state index contributed by atoms with van der Waals surface area (Å²) in [6.45, 7) is 7.41. The number of benzene rings is 2. The summed E-state index contributed by atoms with van der Waals surface area (Å²) in [6.07, 6.45) is 0. The van der Waals surface area contributed by atoms with Crippen molar-refractivity contribution in [2.45, 2.75) is 6.92 Å². The van der Waals surface area contributed by atoms with Crippen LogP contribution in [0.3, 0.4) is 0 Å². The van der Waals surface area contributed by atoms with Gasteiger partial charge in [0.15, 0.2) is 5.13 Å². The molecule has 1 amide bonds. The van der Waals surface area contributed by atoms with Gasteiger partial charge in [0, 0.05) is 39.3 Å². The molecule has 7 heteroatoms. The van der Waals surface area contributed by atoms with Crippen molar-refractivity contribution in [3.63, 3.8) is 0 Å². The molecule has 0 aliphatic carbocycles. The first-order valence-electron chi connectivity index (χ1n) is 9.47. The largest absolute Gasteiger partial charge is 0.351 e. The molecule has 0 unspecified atom stereocenters. The fourth-order valence-electron chi connectivity index (χ4n) is 3.39. The summed E-state index contributed by atoms with van der Waals surface area (Å²) in [4.78, 5) is 21.7. The molecule has 1 aliphatic rings. The minimum Gasteiger partial charge on any atom is -0.351 e. The fourth-order valence-corrected chi connectivity index (χ4v) is 4.72. The lowest BCUT2D eigenvalue weighted by molar-refractivity contribution is 0.0948. The lowest BCUT2D eigenvalue weighted by atomic mass is 10.2. The monoisotopic (exact) mass is 414 g/mol. The number of anilines is 1. The van der Waals surface area contributed by atoms with Gasteiger partial charge >= 0.3 is 0 Å². The van der Waals surface area contributed by atoms with Crippen molar-refractivity contribution in [3.05, 3.63) is 58.6 Å². The molecule has 0 saturated carbocycles. The number of carbonyl (C=O) groups excluding carboxylic acids is 1. The Kier molecular flexibility index (Phi) is 5.80. The number of aromatic nitrogens is 1. The predicted molar refractivity (Wildman–Crippen MR) is 117 cm³/mol. The Labute approximate surface area is 173 Å². The van der Waals surface area contributed by atoms with Crippen LogP contribution in [0.2, 0.25) is 5.02 Å². The van der Waals surface area contributed by atoms with Gasteiger partial charge in [0.25, 0.3) is 5.91 Å². The number of hydrogen-bond donors (Lipinski definition) is 1. The van der Waals surface area contributed by atoms with Crippen molar-refractivity contribution in [2.75, 3.05) is 44.2 Å². The first kappa shape index (κ1) is 19.2. The van der Waals surface area contributed by atoms with Gasteiger partial charge < -0.3 is 10.2 Å². The molecule has 2 heterocycles. The van der Waals surface area contributed by atoms with Crippen LogP contribution in [0, 0.1) is 6.92 Å². The van der Waals surface area contributed by atoms with Gasteiger partial charge in [-0.1, -0.05) is 41.1 Å². The Hall–Kier alpha value is -2.15. The van der Waals surface area contributed by atoms with E-state index < -0.39 is 0 Å². The predicted octanol–water partition coefficient (Wildman–Crippen LogP) is 3.81. The number of halogens is 1. The van der Waals surface area contributed by atoms with Crippen molar-refractivity contribution >= 4 is 44.2 Å². The van der Waals surface area contributed by atoms with Crippen LogP contribution in [0.15, 0.2) is 42.5 Å². The Morgan fingerprint density at radius 2 is 1.96 bits per heavy atom. The van der Waals surface area contributed by atoms with Crippen molar-refractivity contribution in [3.8, 4) is 0 Å². The van der Waals surface area contributed by atoms with Crippen molar-refractivity contribution < 1.29 is 4.79 Å². The van der Waals surface area contributed by atoms with E-state index in [1.165, 1.54) is 10.3 Å². The molecule has 3 aromatic rings. The van der Waals surface area contributed by atoms with Gasteiger partial charge in [0.05, 0.1) is 20.8 Å².